The second-order valence-corrected chi connectivity index (χ2v) is 7.78. The van der Waals surface area contributed by atoms with Crippen LogP contribution in [0.15, 0.2) is 36.4 Å². The van der Waals surface area contributed by atoms with Crippen LogP contribution in [0.5, 0.6) is 0 Å². The van der Waals surface area contributed by atoms with E-state index in [1.807, 2.05) is 19.1 Å². The van der Waals surface area contributed by atoms with E-state index in [0.29, 0.717) is 18.3 Å². The van der Waals surface area contributed by atoms with Gasteiger partial charge in [-0.3, -0.25) is 0 Å². The summed E-state index contributed by atoms with van der Waals surface area (Å²) in [6, 6.07) is 11.0. The molecule has 0 unspecified atom stereocenters. The third-order valence-electron chi connectivity index (χ3n) is 5.15. The molecule has 5 nitrogen and oxygen atoms in total. The molecule has 0 bridgehead atoms. The Morgan fingerprint density at radius 2 is 2.18 bits per heavy atom. The van der Waals surface area contributed by atoms with Gasteiger partial charge in [-0.2, -0.15) is 0 Å². The normalized spacial score (nSPS) is 20.4. The Labute approximate surface area is 166 Å². The molecule has 1 aromatic heterocycles. The van der Waals surface area contributed by atoms with Gasteiger partial charge < -0.3 is 21.1 Å². The molecule has 0 saturated carbocycles. The number of aromatic nitrogens is 1. The van der Waals surface area contributed by atoms with Crippen LogP contribution in [0.25, 0.3) is 0 Å². The summed E-state index contributed by atoms with van der Waals surface area (Å²) in [5, 5.41) is 6.88. The Hall–Kier alpha value is -2.02. The summed E-state index contributed by atoms with van der Waals surface area (Å²) in [5.74, 6) is 0.797. The molecule has 0 spiro atoms. The second kappa shape index (κ2) is 9.96. The number of nitrogen functional groups attached to an aromatic ring is 1. The number of benzene rings is 1. The maximum atomic E-state index is 13.3. The van der Waals surface area contributed by atoms with Crippen LogP contribution in [0.2, 0.25) is 0 Å². The van der Waals surface area contributed by atoms with Crippen LogP contribution in [0.4, 0.5) is 10.2 Å². The second-order valence-electron chi connectivity index (χ2n) is 7.78. The topological polar surface area (TPSA) is 72.2 Å². The fourth-order valence-electron chi connectivity index (χ4n) is 3.85. The predicted molar refractivity (Wildman–Crippen MR) is 111 cm³/mol. The molecule has 28 heavy (non-hydrogen) atoms. The summed E-state index contributed by atoms with van der Waals surface area (Å²) in [7, 11) is 0. The van der Waals surface area contributed by atoms with Crippen molar-refractivity contribution in [3.05, 3.63) is 59.0 Å². The zero-order chi connectivity index (χ0) is 19.9. The Bertz CT molecular complexity index is 750. The van der Waals surface area contributed by atoms with Gasteiger partial charge in [0.2, 0.25) is 0 Å². The van der Waals surface area contributed by atoms with Crippen LogP contribution >= 0.6 is 0 Å². The van der Waals surface area contributed by atoms with Crippen molar-refractivity contribution in [3.63, 3.8) is 0 Å². The van der Waals surface area contributed by atoms with Crippen LogP contribution in [0.3, 0.4) is 0 Å². The average Bonchev–Trinajstić information content (AvgIpc) is 3.05. The lowest BCUT2D eigenvalue weighted by Crippen LogP contribution is -2.33. The van der Waals surface area contributed by atoms with Crippen molar-refractivity contribution >= 4 is 5.82 Å². The summed E-state index contributed by atoms with van der Waals surface area (Å²) in [5.41, 5.74) is 9.05. The molecule has 1 fully saturated rings. The molecule has 4 N–H and O–H groups in total. The number of nitrogens with one attached hydrogen (secondary N) is 2. The number of halogens is 1. The number of nitrogens with two attached hydrogens (primary N) is 1. The van der Waals surface area contributed by atoms with Crippen LogP contribution in [0.1, 0.15) is 23.7 Å². The highest BCUT2D eigenvalue weighted by molar-refractivity contribution is 5.34. The minimum atomic E-state index is -0.183. The summed E-state index contributed by atoms with van der Waals surface area (Å²) < 4.78 is 19.4. The summed E-state index contributed by atoms with van der Waals surface area (Å²) in [4.78, 5) is 4.45. The van der Waals surface area contributed by atoms with Gasteiger partial charge in [-0.15, -0.1) is 0 Å². The zero-order valence-electron chi connectivity index (χ0n) is 16.7. The van der Waals surface area contributed by atoms with Crippen molar-refractivity contribution in [3.8, 4) is 0 Å². The van der Waals surface area contributed by atoms with E-state index in [2.05, 4.69) is 28.6 Å². The van der Waals surface area contributed by atoms with Crippen molar-refractivity contribution in [2.24, 2.45) is 5.92 Å². The van der Waals surface area contributed by atoms with E-state index in [4.69, 9.17) is 10.5 Å². The molecule has 3 rings (SSSR count). The van der Waals surface area contributed by atoms with E-state index in [0.717, 1.165) is 49.3 Å². The predicted octanol–water partition coefficient (Wildman–Crippen LogP) is 2.48. The smallest absolute Gasteiger partial charge is 0.123 e. The Morgan fingerprint density at radius 3 is 2.96 bits per heavy atom. The van der Waals surface area contributed by atoms with Crippen molar-refractivity contribution in [1.29, 1.82) is 0 Å². The Kier molecular flexibility index (Phi) is 7.36. The number of pyridine rings is 1. The first-order valence-corrected chi connectivity index (χ1v) is 10.0. The minimum absolute atomic E-state index is 0.183. The molecule has 152 valence electrons. The molecule has 1 aliphatic rings. The highest BCUT2D eigenvalue weighted by Gasteiger charge is 2.28. The number of anilines is 1. The van der Waals surface area contributed by atoms with Crippen molar-refractivity contribution in [2.45, 2.75) is 38.8 Å². The lowest BCUT2D eigenvalue weighted by Gasteiger charge is -2.20. The number of nitrogens with zero attached hydrogens (tertiary/aromatic N) is 1. The number of hydrogen-bond acceptors (Lipinski definition) is 5. The largest absolute Gasteiger partial charge is 0.384 e. The quantitative estimate of drug-likeness (QED) is 0.578. The molecule has 1 saturated heterocycles. The maximum Gasteiger partial charge on any atom is 0.123 e. The highest BCUT2D eigenvalue weighted by atomic mass is 19.1. The first-order valence-electron chi connectivity index (χ1n) is 10.0. The standard InChI is InChI=1S/C22H31FN4O/c1-15-8-20(27-22(24)9-15)12-18-13-25-14-21(18)28-7-6-26-16(2)10-17-4-3-5-19(23)11-17/h3-5,8-9,11,16,18,21,25-26H,6-7,10,12-14H2,1-2H3,(H2,24,27)/t16-,18+,21-/m0/s1. The molecular formula is C22H31FN4O. The lowest BCUT2D eigenvalue weighted by molar-refractivity contribution is 0.0387. The molecule has 6 heteroatoms. The summed E-state index contributed by atoms with van der Waals surface area (Å²) >= 11 is 0. The van der Waals surface area contributed by atoms with Gasteiger partial charge in [-0.05, 0) is 62.1 Å². The van der Waals surface area contributed by atoms with E-state index < -0.39 is 0 Å². The summed E-state index contributed by atoms with van der Waals surface area (Å²) in [6.07, 6.45) is 1.85. The third kappa shape index (κ3) is 6.26. The Morgan fingerprint density at radius 1 is 1.32 bits per heavy atom. The van der Waals surface area contributed by atoms with Crippen LogP contribution in [-0.4, -0.2) is 43.4 Å². The molecule has 0 amide bonds. The molecule has 1 aliphatic heterocycles. The molecular weight excluding hydrogens is 355 g/mol. The number of aryl methyl sites for hydroxylation is 1. The monoisotopic (exact) mass is 386 g/mol. The van der Waals surface area contributed by atoms with E-state index in [1.54, 1.807) is 12.1 Å². The van der Waals surface area contributed by atoms with Gasteiger partial charge in [0, 0.05) is 37.3 Å². The molecule has 2 heterocycles. The zero-order valence-corrected chi connectivity index (χ0v) is 16.7. The lowest BCUT2D eigenvalue weighted by atomic mass is 9.99. The van der Waals surface area contributed by atoms with E-state index in [1.165, 1.54) is 6.07 Å². The van der Waals surface area contributed by atoms with Crippen LogP contribution in [0, 0.1) is 18.7 Å². The van der Waals surface area contributed by atoms with Crippen molar-refractivity contribution < 1.29 is 9.13 Å². The van der Waals surface area contributed by atoms with Gasteiger partial charge in [0.1, 0.15) is 11.6 Å². The molecule has 2 aromatic rings. The van der Waals surface area contributed by atoms with E-state index >= 15 is 0 Å². The van der Waals surface area contributed by atoms with Gasteiger partial charge in [-0.25, -0.2) is 9.37 Å². The van der Waals surface area contributed by atoms with Gasteiger partial charge in [0.05, 0.1) is 12.7 Å². The van der Waals surface area contributed by atoms with Crippen molar-refractivity contribution in [2.75, 3.05) is 32.0 Å². The van der Waals surface area contributed by atoms with Gasteiger partial charge in [-0.1, -0.05) is 12.1 Å². The molecule has 0 radical (unpaired) electrons. The SMILES string of the molecule is Cc1cc(N)nc(C[C@@H]2CNC[C@@H]2OCCN[C@@H](C)Cc2cccc(F)c2)c1. The van der Waals surface area contributed by atoms with Crippen LogP contribution < -0.4 is 16.4 Å². The van der Waals surface area contributed by atoms with E-state index in [-0.39, 0.29) is 18.0 Å². The minimum Gasteiger partial charge on any atom is -0.384 e. The average molecular weight is 387 g/mol. The maximum absolute atomic E-state index is 13.3. The highest BCUT2D eigenvalue weighted by Crippen LogP contribution is 2.19. The third-order valence-corrected chi connectivity index (χ3v) is 5.15. The fraction of sp³-hybridized carbons (Fsp3) is 0.500. The first kappa shape index (κ1) is 20.7. The molecule has 3 atom stereocenters. The summed E-state index contributed by atoms with van der Waals surface area (Å²) in [6.45, 7) is 7.38. The molecule has 0 aliphatic carbocycles. The van der Waals surface area contributed by atoms with Gasteiger partial charge in [0.25, 0.3) is 0 Å². The van der Waals surface area contributed by atoms with Gasteiger partial charge >= 0.3 is 0 Å². The Balaban J connectivity index is 1.40. The van der Waals surface area contributed by atoms with Gasteiger partial charge in [0.15, 0.2) is 0 Å². The molecule has 1 aromatic carbocycles. The fourth-order valence-corrected chi connectivity index (χ4v) is 3.85. The van der Waals surface area contributed by atoms with E-state index in [9.17, 15) is 4.39 Å². The number of hydrogen-bond donors (Lipinski definition) is 3. The number of ether oxygens (including phenoxy) is 1. The van der Waals surface area contributed by atoms with Crippen molar-refractivity contribution in [1.82, 2.24) is 15.6 Å². The number of rotatable bonds is 9. The first-order chi connectivity index (χ1) is 13.5. The van der Waals surface area contributed by atoms with Crippen LogP contribution in [-0.2, 0) is 17.6 Å².